The lowest BCUT2D eigenvalue weighted by molar-refractivity contribution is 0.0974. The number of nitrogens with one attached hydrogen (secondary N) is 1. The minimum atomic E-state index is 0.413. The smallest absolute Gasteiger partial charge is 0.136 e. The van der Waals surface area contributed by atoms with E-state index in [4.69, 9.17) is 18.0 Å². The van der Waals surface area contributed by atoms with E-state index in [9.17, 15) is 0 Å². The van der Waals surface area contributed by atoms with Crippen molar-refractivity contribution in [2.75, 3.05) is 25.0 Å². The van der Waals surface area contributed by atoms with Crippen LogP contribution in [0.3, 0.4) is 0 Å². The van der Waals surface area contributed by atoms with Crippen LogP contribution < -0.4 is 11.1 Å². The average molecular weight is 276 g/mol. The van der Waals surface area contributed by atoms with E-state index in [1.54, 1.807) is 0 Å². The molecule has 2 bridgehead atoms. The van der Waals surface area contributed by atoms with Gasteiger partial charge in [0.05, 0.1) is 5.56 Å². The largest absolute Gasteiger partial charge is 0.389 e. The third-order valence-corrected chi connectivity index (χ3v) is 4.50. The molecular formula is C14H20N4S. The highest BCUT2D eigenvalue weighted by atomic mass is 32.1. The molecule has 102 valence electrons. The minimum absolute atomic E-state index is 0.413. The second-order valence-electron chi connectivity index (χ2n) is 5.60. The number of thiocarbonyl (C=S) groups is 1. The maximum atomic E-state index is 5.79. The Kier molecular flexibility index (Phi) is 3.41. The van der Waals surface area contributed by atoms with Crippen LogP contribution in [0.2, 0.25) is 0 Å². The van der Waals surface area contributed by atoms with Gasteiger partial charge in [0.15, 0.2) is 0 Å². The summed E-state index contributed by atoms with van der Waals surface area (Å²) in [6, 6.07) is 4.40. The van der Waals surface area contributed by atoms with Crippen LogP contribution >= 0.6 is 12.2 Å². The van der Waals surface area contributed by atoms with Crippen molar-refractivity contribution in [2.45, 2.75) is 25.8 Å². The summed E-state index contributed by atoms with van der Waals surface area (Å²) in [6.07, 6.45) is 2.57. The number of nitrogens with zero attached hydrogens (tertiary/aromatic N) is 2. The summed E-state index contributed by atoms with van der Waals surface area (Å²) < 4.78 is 0. The highest BCUT2D eigenvalue weighted by molar-refractivity contribution is 7.80. The van der Waals surface area contributed by atoms with Crippen LogP contribution in [0.4, 0.5) is 5.82 Å². The number of nitrogens with two attached hydrogens (primary N) is 1. The van der Waals surface area contributed by atoms with E-state index < -0.39 is 0 Å². The number of pyridine rings is 1. The lowest BCUT2D eigenvalue weighted by Gasteiger charge is -2.45. The second-order valence-corrected chi connectivity index (χ2v) is 6.04. The average Bonchev–Trinajstić information content (AvgIpc) is 2.40. The van der Waals surface area contributed by atoms with Crippen LogP contribution in [0.25, 0.3) is 0 Å². The number of piperidine rings is 3. The van der Waals surface area contributed by atoms with E-state index in [-0.39, 0.29) is 0 Å². The van der Waals surface area contributed by atoms with E-state index in [1.165, 1.54) is 25.9 Å². The zero-order valence-corrected chi connectivity index (χ0v) is 12.0. The van der Waals surface area contributed by atoms with E-state index >= 15 is 0 Å². The molecule has 0 radical (unpaired) electrons. The zero-order valence-electron chi connectivity index (χ0n) is 11.2. The highest BCUT2D eigenvalue weighted by Gasteiger charge is 2.34. The normalized spacial score (nSPS) is 29.2. The van der Waals surface area contributed by atoms with Crippen molar-refractivity contribution in [2.24, 2.45) is 11.7 Å². The predicted octanol–water partition coefficient (Wildman–Crippen LogP) is 1.53. The Labute approximate surface area is 119 Å². The zero-order chi connectivity index (χ0) is 13.4. The van der Waals surface area contributed by atoms with Crippen molar-refractivity contribution in [1.29, 1.82) is 0 Å². The van der Waals surface area contributed by atoms with Crippen LogP contribution in [-0.2, 0) is 0 Å². The molecule has 3 fully saturated rings. The molecule has 0 aromatic carbocycles. The lowest BCUT2D eigenvalue weighted by Crippen LogP contribution is -2.53. The Bertz CT molecular complexity index is 494. The van der Waals surface area contributed by atoms with Crippen molar-refractivity contribution < 1.29 is 0 Å². The SMILES string of the molecule is Cc1ccc(C(N)=S)c(NC2CN3CCC2CC3)n1. The Morgan fingerprint density at radius 3 is 2.74 bits per heavy atom. The molecule has 0 amide bonds. The van der Waals surface area contributed by atoms with Crippen molar-refractivity contribution in [1.82, 2.24) is 9.88 Å². The van der Waals surface area contributed by atoms with Gasteiger partial charge in [-0.25, -0.2) is 4.98 Å². The van der Waals surface area contributed by atoms with Gasteiger partial charge in [0.2, 0.25) is 0 Å². The number of rotatable bonds is 3. The molecule has 0 spiro atoms. The molecule has 19 heavy (non-hydrogen) atoms. The molecule has 0 saturated carbocycles. The molecule has 3 aliphatic rings. The molecule has 3 N–H and O–H groups in total. The molecule has 1 unspecified atom stereocenters. The predicted molar refractivity (Wildman–Crippen MR) is 81.4 cm³/mol. The van der Waals surface area contributed by atoms with E-state index in [0.29, 0.717) is 11.0 Å². The van der Waals surface area contributed by atoms with Crippen LogP contribution in [0.15, 0.2) is 12.1 Å². The third-order valence-electron chi connectivity index (χ3n) is 4.28. The van der Waals surface area contributed by atoms with Gasteiger partial charge in [0.25, 0.3) is 0 Å². The fourth-order valence-corrected chi connectivity index (χ4v) is 3.33. The molecule has 5 heteroatoms. The van der Waals surface area contributed by atoms with Gasteiger partial charge in [-0.2, -0.15) is 0 Å². The van der Waals surface area contributed by atoms with E-state index in [0.717, 1.165) is 29.5 Å². The Balaban J connectivity index is 1.83. The van der Waals surface area contributed by atoms with Gasteiger partial charge in [0.1, 0.15) is 10.8 Å². The van der Waals surface area contributed by atoms with E-state index in [2.05, 4.69) is 15.2 Å². The third kappa shape index (κ3) is 2.58. The number of fused-ring (bicyclic) bond motifs is 3. The van der Waals surface area contributed by atoms with Crippen molar-refractivity contribution in [3.8, 4) is 0 Å². The van der Waals surface area contributed by atoms with Crippen LogP contribution in [0.1, 0.15) is 24.1 Å². The number of hydrogen-bond donors (Lipinski definition) is 2. The molecule has 0 aliphatic carbocycles. The van der Waals surface area contributed by atoms with Gasteiger partial charge in [-0.1, -0.05) is 12.2 Å². The number of anilines is 1. The fraction of sp³-hybridized carbons (Fsp3) is 0.571. The number of aryl methyl sites for hydroxylation is 1. The van der Waals surface area contributed by atoms with E-state index in [1.807, 2.05) is 19.1 Å². The van der Waals surface area contributed by atoms with Gasteiger partial charge < -0.3 is 16.0 Å². The fourth-order valence-electron chi connectivity index (χ4n) is 3.17. The quantitative estimate of drug-likeness (QED) is 0.820. The minimum Gasteiger partial charge on any atom is -0.389 e. The van der Waals surface area contributed by atoms with Gasteiger partial charge in [0, 0.05) is 18.3 Å². The van der Waals surface area contributed by atoms with Gasteiger partial charge in [-0.05, 0) is 50.9 Å². The Hall–Kier alpha value is -1.20. The van der Waals surface area contributed by atoms with Crippen LogP contribution in [-0.4, -0.2) is 40.5 Å². The number of aromatic nitrogens is 1. The summed E-state index contributed by atoms with van der Waals surface area (Å²) in [7, 11) is 0. The highest BCUT2D eigenvalue weighted by Crippen LogP contribution is 2.30. The first-order valence-electron chi connectivity index (χ1n) is 6.90. The standard InChI is InChI=1S/C14H20N4S/c1-9-2-3-11(13(15)19)14(16-9)17-12-8-18-6-4-10(12)5-7-18/h2-3,10,12H,4-8H2,1H3,(H2,15,19)(H,16,17). The van der Waals surface area contributed by atoms with Crippen LogP contribution in [0.5, 0.6) is 0 Å². The summed E-state index contributed by atoms with van der Waals surface area (Å²) in [5.41, 5.74) is 7.63. The summed E-state index contributed by atoms with van der Waals surface area (Å²) in [4.78, 5) is 7.51. The summed E-state index contributed by atoms with van der Waals surface area (Å²) in [5, 5.41) is 3.58. The van der Waals surface area contributed by atoms with Gasteiger partial charge in [-0.3, -0.25) is 0 Å². The Morgan fingerprint density at radius 2 is 2.16 bits per heavy atom. The molecule has 1 atom stereocenters. The first kappa shape index (κ1) is 12.8. The lowest BCUT2D eigenvalue weighted by atomic mass is 9.84. The molecule has 3 saturated heterocycles. The molecule has 4 rings (SSSR count). The first-order chi connectivity index (χ1) is 9.13. The van der Waals surface area contributed by atoms with Gasteiger partial charge >= 0.3 is 0 Å². The Morgan fingerprint density at radius 1 is 1.42 bits per heavy atom. The second kappa shape index (κ2) is 5.06. The molecule has 1 aromatic heterocycles. The first-order valence-corrected chi connectivity index (χ1v) is 7.30. The maximum Gasteiger partial charge on any atom is 0.136 e. The topological polar surface area (TPSA) is 54.2 Å². The summed E-state index contributed by atoms with van der Waals surface area (Å²) in [6.45, 7) is 5.58. The molecule has 3 aliphatic heterocycles. The molecule has 1 aromatic rings. The number of hydrogen-bond acceptors (Lipinski definition) is 4. The van der Waals surface area contributed by atoms with Crippen LogP contribution in [0, 0.1) is 12.8 Å². The van der Waals surface area contributed by atoms with Crippen molar-refractivity contribution in [3.05, 3.63) is 23.4 Å². The van der Waals surface area contributed by atoms with Crippen molar-refractivity contribution in [3.63, 3.8) is 0 Å². The molecule has 4 heterocycles. The molecule has 4 nitrogen and oxygen atoms in total. The summed E-state index contributed by atoms with van der Waals surface area (Å²) in [5.74, 6) is 1.61. The molecular weight excluding hydrogens is 256 g/mol. The summed E-state index contributed by atoms with van der Waals surface area (Å²) >= 11 is 5.11. The van der Waals surface area contributed by atoms with Crippen molar-refractivity contribution >= 4 is 23.0 Å². The maximum absolute atomic E-state index is 5.79. The monoisotopic (exact) mass is 276 g/mol. The van der Waals surface area contributed by atoms with Gasteiger partial charge in [-0.15, -0.1) is 0 Å².